The highest BCUT2D eigenvalue weighted by Gasteiger charge is 2.50. The molecule has 3 atom stereocenters. The molecule has 0 unspecified atom stereocenters. The number of hydrogen-bond acceptors (Lipinski definition) is 5. The summed E-state index contributed by atoms with van der Waals surface area (Å²) >= 11 is 0. The molecule has 0 aliphatic heterocycles. The van der Waals surface area contributed by atoms with Gasteiger partial charge < -0.3 is 23.7 Å². The molecule has 7 rings (SSSR count). The largest absolute Gasteiger partial charge is 0.407 e. The zero-order chi connectivity index (χ0) is 42.4. The lowest BCUT2D eigenvalue weighted by atomic mass is 9.80. The Labute approximate surface area is 363 Å². The van der Waals surface area contributed by atoms with Crippen LogP contribution in [0.15, 0.2) is 212 Å². The average Bonchev–Trinajstić information content (AvgIpc) is 3.31. The van der Waals surface area contributed by atoms with Crippen molar-refractivity contribution in [2.24, 2.45) is 0 Å². The number of aliphatic hydroxyl groups excluding tert-OH is 1. The minimum atomic E-state index is -2.87. The second-order valence-electron chi connectivity index (χ2n) is 16.6. The molecule has 0 bridgehead atoms. The number of ether oxygens (including phenoxy) is 3. The number of hydrogen-bond donors (Lipinski definition) is 1. The molecule has 0 spiro atoms. The maximum absolute atomic E-state index is 12.6. The molecule has 0 aliphatic carbocycles. The summed E-state index contributed by atoms with van der Waals surface area (Å²) < 4.78 is 28.4. The first kappa shape index (κ1) is 43.6. The monoisotopic (exact) mass is 826 g/mol. The Kier molecular flexibility index (Phi) is 14.9. The first-order valence-corrected chi connectivity index (χ1v) is 23.3. The summed E-state index contributed by atoms with van der Waals surface area (Å²) in [5.41, 5.74) is 3.87. The lowest BCUT2D eigenvalue weighted by molar-refractivity contribution is -0.159. The van der Waals surface area contributed by atoms with E-state index in [9.17, 15) is 5.11 Å². The van der Waals surface area contributed by atoms with Crippen molar-refractivity contribution < 1.29 is 23.7 Å². The Balaban J connectivity index is 1.25. The van der Waals surface area contributed by atoms with Gasteiger partial charge in [0.25, 0.3) is 8.32 Å². The van der Waals surface area contributed by atoms with Crippen molar-refractivity contribution in [3.05, 3.63) is 240 Å². The van der Waals surface area contributed by atoms with Gasteiger partial charge >= 0.3 is 0 Å². The first-order chi connectivity index (χ1) is 29.8. The zero-order valence-corrected chi connectivity index (χ0v) is 36.6. The lowest BCUT2D eigenvalue weighted by Gasteiger charge is -2.43. The Bertz CT molecular complexity index is 2150. The minimum Gasteiger partial charge on any atom is -0.407 e. The Morgan fingerprint density at radius 1 is 0.475 bits per heavy atom. The fourth-order valence-corrected chi connectivity index (χ4v) is 13.1. The van der Waals surface area contributed by atoms with Crippen molar-refractivity contribution in [1.29, 1.82) is 0 Å². The fraction of sp³-hybridized carbons (Fsp3) is 0.236. The van der Waals surface area contributed by atoms with Gasteiger partial charge in [-0.25, -0.2) is 0 Å². The van der Waals surface area contributed by atoms with E-state index in [1.54, 1.807) is 0 Å². The van der Waals surface area contributed by atoms with Crippen LogP contribution >= 0.6 is 0 Å². The number of rotatable bonds is 20. The van der Waals surface area contributed by atoms with Gasteiger partial charge in [0.05, 0.1) is 25.9 Å². The van der Waals surface area contributed by atoms with Crippen LogP contribution in [0.4, 0.5) is 0 Å². The number of aliphatic hydroxyl groups is 1. The predicted molar refractivity (Wildman–Crippen MR) is 249 cm³/mol. The van der Waals surface area contributed by atoms with Crippen molar-refractivity contribution in [2.45, 2.75) is 69.4 Å². The van der Waals surface area contributed by atoms with Crippen LogP contribution in [0.3, 0.4) is 0 Å². The Hall–Kier alpha value is -5.44. The third kappa shape index (κ3) is 10.4. The second kappa shape index (κ2) is 20.9. The summed E-state index contributed by atoms with van der Waals surface area (Å²) in [6.07, 6.45) is -1.98. The Morgan fingerprint density at radius 3 is 1.23 bits per heavy atom. The molecule has 0 saturated heterocycles. The van der Waals surface area contributed by atoms with Crippen LogP contribution in [-0.2, 0) is 37.5 Å². The van der Waals surface area contributed by atoms with Crippen molar-refractivity contribution >= 4 is 18.7 Å². The third-order valence-electron chi connectivity index (χ3n) is 11.5. The third-order valence-corrected chi connectivity index (χ3v) is 16.5. The molecule has 0 radical (unpaired) electrons. The van der Waals surface area contributed by atoms with E-state index < -0.39 is 32.2 Å². The van der Waals surface area contributed by atoms with Crippen molar-refractivity contribution in [3.63, 3.8) is 0 Å². The van der Waals surface area contributed by atoms with Gasteiger partial charge in [0.1, 0.15) is 17.8 Å². The fourth-order valence-electron chi connectivity index (χ4n) is 8.52. The van der Waals surface area contributed by atoms with Gasteiger partial charge in [-0.15, -0.1) is 0 Å². The lowest BCUT2D eigenvalue weighted by Crippen LogP contribution is -2.66. The van der Waals surface area contributed by atoms with Gasteiger partial charge in [-0.3, -0.25) is 0 Å². The maximum atomic E-state index is 12.6. The molecule has 7 aromatic carbocycles. The Morgan fingerprint density at radius 2 is 0.836 bits per heavy atom. The molecule has 0 aliphatic rings. The van der Waals surface area contributed by atoms with Crippen LogP contribution < -0.4 is 10.4 Å². The van der Waals surface area contributed by atoms with E-state index >= 15 is 0 Å². The van der Waals surface area contributed by atoms with Crippen LogP contribution in [0, 0.1) is 0 Å². The van der Waals surface area contributed by atoms with Crippen LogP contribution in [0.1, 0.15) is 55.0 Å². The number of benzene rings is 7. The molecule has 7 aromatic rings. The van der Waals surface area contributed by atoms with E-state index in [1.165, 1.54) is 10.4 Å². The van der Waals surface area contributed by atoms with Gasteiger partial charge in [0, 0.05) is 6.61 Å². The molecule has 1 N–H and O–H groups in total. The van der Waals surface area contributed by atoms with Crippen LogP contribution in [0.5, 0.6) is 0 Å². The van der Waals surface area contributed by atoms with Gasteiger partial charge in [-0.1, -0.05) is 233 Å². The van der Waals surface area contributed by atoms with E-state index in [1.807, 2.05) is 103 Å². The molecule has 0 heterocycles. The molecular weight excluding hydrogens is 769 g/mol. The minimum absolute atomic E-state index is 0.0428. The van der Waals surface area contributed by atoms with Gasteiger partial charge in [-0.05, 0) is 49.6 Å². The summed E-state index contributed by atoms with van der Waals surface area (Å²) in [5.74, 6) is 0. The molecule has 312 valence electrons. The van der Waals surface area contributed by atoms with Crippen molar-refractivity contribution in [2.75, 3.05) is 13.2 Å². The first-order valence-electron chi connectivity index (χ1n) is 21.4. The summed E-state index contributed by atoms with van der Waals surface area (Å²) in [4.78, 5) is 0. The molecule has 6 heteroatoms. The normalized spacial score (nSPS) is 13.6. The topological polar surface area (TPSA) is 57.2 Å². The van der Waals surface area contributed by atoms with Crippen molar-refractivity contribution in [1.82, 2.24) is 0 Å². The highest BCUT2D eigenvalue weighted by Crippen LogP contribution is 2.41. The molecule has 0 aromatic heterocycles. The van der Waals surface area contributed by atoms with Crippen LogP contribution in [0.2, 0.25) is 5.04 Å². The summed E-state index contributed by atoms with van der Waals surface area (Å²) in [6.45, 7) is 7.82. The molecule has 0 amide bonds. The van der Waals surface area contributed by atoms with Crippen molar-refractivity contribution in [3.8, 4) is 0 Å². The van der Waals surface area contributed by atoms with Gasteiger partial charge in [0.2, 0.25) is 0 Å². The van der Waals surface area contributed by atoms with E-state index in [4.69, 9.17) is 18.6 Å². The zero-order valence-electron chi connectivity index (χ0n) is 35.6. The summed E-state index contributed by atoms with van der Waals surface area (Å²) in [5, 5.41) is 14.9. The average molecular weight is 827 g/mol. The summed E-state index contributed by atoms with van der Waals surface area (Å²) in [7, 11) is -2.87. The second-order valence-corrected chi connectivity index (χ2v) is 20.9. The smallest absolute Gasteiger partial charge is 0.261 e. The highest BCUT2D eigenvalue weighted by molar-refractivity contribution is 6.99. The molecule has 0 saturated carbocycles. The SMILES string of the molecule is CC(C)(C)[Si](OCC[C@@H](OCc1ccccc1)[C@H](OCc1ccccc1)[C@H](O)COC(c1ccccc1)(c1ccccc1)c1ccccc1)(c1ccccc1)c1ccccc1. The predicted octanol–water partition coefficient (Wildman–Crippen LogP) is 10.5. The highest BCUT2D eigenvalue weighted by atomic mass is 28.4. The van der Waals surface area contributed by atoms with Gasteiger partial charge in [0.15, 0.2) is 0 Å². The van der Waals surface area contributed by atoms with E-state index in [0.29, 0.717) is 19.6 Å². The molecule has 0 fully saturated rings. The quantitative estimate of drug-likeness (QED) is 0.0613. The maximum Gasteiger partial charge on any atom is 0.261 e. The van der Waals surface area contributed by atoms with Crippen LogP contribution in [0.25, 0.3) is 0 Å². The van der Waals surface area contributed by atoms with E-state index in [0.717, 1.165) is 27.8 Å². The standard InChI is InChI=1S/C55H58O5Si/c1-54(2,3)61(49-35-21-9-22-36-49,50-37-23-10-24-38-50)60-40-39-52(57-41-44-25-11-4-12-26-44)53(58-42-45-27-13-5-14-28-45)51(56)43-59-55(46-29-15-6-16-30-46,47-31-17-7-18-32-47)48-33-19-8-20-34-48/h4-38,51-53,56H,39-43H2,1-3H3/t51-,52-,53-/m1/s1. The molecule has 61 heavy (non-hydrogen) atoms. The van der Waals surface area contributed by atoms with Crippen LogP contribution in [-0.4, -0.2) is 44.9 Å². The van der Waals surface area contributed by atoms with Gasteiger partial charge in [-0.2, -0.15) is 0 Å². The van der Waals surface area contributed by atoms with E-state index in [-0.39, 0.29) is 18.3 Å². The van der Waals surface area contributed by atoms with E-state index in [2.05, 4.69) is 130 Å². The summed E-state index contributed by atoms with van der Waals surface area (Å²) in [6, 6.07) is 72.3. The molecule has 5 nitrogen and oxygen atoms in total. The molecular formula is C55H58O5Si.